The van der Waals surface area contributed by atoms with Crippen molar-refractivity contribution in [3.05, 3.63) is 51.8 Å². The molecule has 0 unspecified atom stereocenters. The Balaban J connectivity index is 2.01. The molecular formula is C17H16N2O3. The molecule has 0 radical (unpaired) electrons. The second-order valence-electron chi connectivity index (χ2n) is 5.54. The van der Waals surface area contributed by atoms with E-state index < -0.39 is 0 Å². The Morgan fingerprint density at radius 1 is 1.32 bits per heavy atom. The number of hydrogen-bond donors (Lipinski definition) is 2. The number of benzene rings is 1. The first kappa shape index (κ1) is 13.2. The van der Waals surface area contributed by atoms with Gasteiger partial charge in [0.1, 0.15) is 5.75 Å². The van der Waals surface area contributed by atoms with Crippen LogP contribution in [0.1, 0.15) is 11.1 Å². The summed E-state index contributed by atoms with van der Waals surface area (Å²) in [6.07, 6.45) is 0.813. The minimum absolute atomic E-state index is 0.0663. The normalized spacial score (nSPS) is 13.0. The number of aryl methyl sites for hydroxylation is 1. The molecule has 0 spiro atoms. The van der Waals surface area contributed by atoms with Gasteiger partial charge in [0.15, 0.2) is 0 Å². The molecule has 0 bridgehead atoms. The summed E-state index contributed by atoms with van der Waals surface area (Å²) < 4.78 is 7.03. The summed E-state index contributed by atoms with van der Waals surface area (Å²) >= 11 is 0. The molecule has 0 atom stereocenters. The van der Waals surface area contributed by atoms with Crippen molar-refractivity contribution in [2.75, 3.05) is 7.11 Å². The highest BCUT2D eigenvalue weighted by Gasteiger charge is 2.22. The first-order chi connectivity index (χ1) is 10.7. The van der Waals surface area contributed by atoms with Gasteiger partial charge >= 0.3 is 0 Å². The lowest BCUT2D eigenvalue weighted by Gasteiger charge is -2.19. The van der Waals surface area contributed by atoms with Crippen LogP contribution in [0.15, 0.2) is 35.1 Å². The zero-order chi connectivity index (χ0) is 15.3. The first-order valence-corrected chi connectivity index (χ1v) is 7.25. The third-order valence-corrected chi connectivity index (χ3v) is 4.33. The molecule has 0 fully saturated rings. The fourth-order valence-electron chi connectivity index (χ4n) is 3.24. The van der Waals surface area contributed by atoms with Gasteiger partial charge in [-0.05, 0) is 35.7 Å². The molecule has 3 aromatic rings. The minimum Gasteiger partial charge on any atom is -0.497 e. The average molecular weight is 296 g/mol. The number of nitrogens with one attached hydrogen (secondary N) is 1. The number of ether oxygens (including phenoxy) is 1. The fraction of sp³-hybridized carbons (Fsp3) is 0.235. The van der Waals surface area contributed by atoms with E-state index in [1.165, 1.54) is 11.6 Å². The lowest BCUT2D eigenvalue weighted by molar-refractivity contribution is 0.281. The number of aliphatic hydroxyl groups excluding tert-OH is 1. The molecule has 0 aliphatic carbocycles. The third kappa shape index (κ3) is 1.79. The standard InChI is InChI=1S/C17H16N2O3/c1-22-11-2-3-12-13-4-5-19-15(17(13)18-14(12)8-11)6-10(9-20)7-16(19)21/h2-3,6-8,18,20H,4-5,9H2,1H3. The molecule has 1 aliphatic heterocycles. The van der Waals surface area contributed by atoms with Crippen molar-refractivity contribution in [2.45, 2.75) is 19.6 Å². The summed E-state index contributed by atoms with van der Waals surface area (Å²) in [5.74, 6) is 0.799. The van der Waals surface area contributed by atoms with Gasteiger partial charge in [-0.2, -0.15) is 0 Å². The molecule has 22 heavy (non-hydrogen) atoms. The first-order valence-electron chi connectivity index (χ1n) is 7.25. The van der Waals surface area contributed by atoms with Gasteiger partial charge in [-0.15, -0.1) is 0 Å². The second kappa shape index (κ2) is 4.74. The molecule has 4 rings (SSSR count). The van der Waals surface area contributed by atoms with Crippen LogP contribution in [0.25, 0.3) is 22.3 Å². The molecule has 1 aromatic carbocycles. The number of nitrogens with zero attached hydrogens (tertiary/aromatic N) is 1. The number of rotatable bonds is 2. The summed E-state index contributed by atoms with van der Waals surface area (Å²) in [6.45, 7) is 0.526. The fourth-order valence-corrected chi connectivity index (χ4v) is 3.24. The molecule has 5 heteroatoms. The Kier molecular flexibility index (Phi) is 2.84. The van der Waals surface area contributed by atoms with Crippen LogP contribution < -0.4 is 10.3 Å². The molecule has 112 valence electrons. The molecule has 0 saturated carbocycles. The van der Waals surface area contributed by atoms with E-state index in [-0.39, 0.29) is 12.2 Å². The highest BCUT2D eigenvalue weighted by molar-refractivity contribution is 5.91. The van der Waals surface area contributed by atoms with Crippen LogP contribution in [0.2, 0.25) is 0 Å². The summed E-state index contributed by atoms with van der Waals surface area (Å²) in [5, 5.41) is 10.5. The number of hydrogen-bond acceptors (Lipinski definition) is 3. The van der Waals surface area contributed by atoms with Crippen molar-refractivity contribution in [3.8, 4) is 17.1 Å². The van der Waals surface area contributed by atoms with Gasteiger partial charge in [-0.1, -0.05) is 0 Å². The van der Waals surface area contributed by atoms with E-state index in [4.69, 9.17) is 4.74 Å². The van der Waals surface area contributed by atoms with Gasteiger partial charge in [0.25, 0.3) is 5.56 Å². The largest absolute Gasteiger partial charge is 0.497 e. The maximum absolute atomic E-state index is 12.2. The average Bonchev–Trinajstić information content (AvgIpc) is 2.92. The van der Waals surface area contributed by atoms with E-state index >= 15 is 0 Å². The van der Waals surface area contributed by atoms with Crippen molar-refractivity contribution >= 4 is 10.9 Å². The van der Waals surface area contributed by atoms with E-state index in [0.29, 0.717) is 12.1 Å². The molecule has 0 amide bonds. The predicted molar refractivity (Wildman–Crippen MR) is 84.2 cm³/mol. The van der Waals surface area contributed by atoms with Crippen LogP contribution in [0, 0.1) is 0 Å². The third-order valence-electron chi connectivity index (χ3n) is 4.33. The Hall–Kier alpha value is -2.53. The Morgan fingerprint density at radius 3 is 2.95 bits per heavy atom. The Bertz CT molecular complexity index is 937. The topological polar surface area (TPSA) is 67.2 Å². The van der Waals surface area contributed by atoms with Gasteiger partial charge in [0.2, 0.25) is 0 Å². The number of aliphatic hydroxyl groups is 1. The zero-order valence-electron chi connectivity index (χ0n) is 12.2. The predicted octanol–water partition coefficient (Wildman–Crippen LogP) is 2.05. The van der Waals surface area contributed by atoms with Crippen molar-refractivity contribution < 1.29 is 9.84 Å². The number of pyridine rings is 1. The zero-order valence-corrected chi connectivity index (χ0v) is 12.2. The number of H-pyrrole nitrogens is 1. The van der Waals surface area contributed by atoms with E-state index in [9.17, 15) is 9.90 Å². The van der Waals surface area contributed by atoms with Gasteiger partial charge in [0, 0.05) is 29.6 Å². The van der Waals surface area contributed by atoms with Crippen LogP contribution in [0.5, 0.6) is 5.75 Å². The number of fused-ring (bicyclic) bond motifs is 5. The van der Waals surface area contributed by atoms with Crippen LogP contribution in [0.4, 0.5) is 0 Å². The van der Waals surface area contributed by atoms with Crippen LogP contribution in [-0.2, 0) is 19.6 Å². The van der Waals surface area contributed by atoms with E-state index in [0.717, 1.165) is 34.5 Å². The van der Waals surface area contributed by atoms with Crippen molar-refractivity contribution in [2.24, 2.45) is 0 Å². The maximum Gasteiger partial charge on any atom is 0.251 e. The summed E-state index contributed by atoms with van der Waals surface area (Å²) in [7, 11) is 1.65. The molecule has 3 heterocycles. The minimum atomic E-state index is -0.132. The monoisotopic (exact) mass is 296 g/mol. The second-order valence-corrected chi connectivity index (χ2v) is 5.54. The number of aromatic nitrogens is 2. The van der Waals surface area contributed by atoms with Crippen molar-refractivity contribution in [1.82, 2.24) is 9.55 Å². The van der Waals surface area contributed by atoms with E-state index in [1.807, 2.05) is 24.3 Å². The SMILES string of the molecule is COc1ccc2c3c([nH]c2c1)-c1cc(CO)cc(=O)n1CC3. The number of methoxy groups -OCH3 is 1. The highest BCUT2D eigenvalue weighted by Crippen LogP contribution is 2.35. The molecule has 2 N–H and O–H groups in total. The van der Waals surface area contributed by atoms with Crippen LogP contribution in [-0.4, -0.2) is 21.8 Å². The maximum atomic E-state index is 12.2. The van der Waals surface area contributed by atoms with Crippen molar-refractivity contribution in [3.63, 3.8) is 0 Å². The molecule has 5 nitrogen and oxygen atoms in total. The Labute approximate surface area is 126 Å². The summed E-state index contributed by atoms with van der Waals surface area (Å²) in [6, 6.07) is 9.34. The van der Waals surface area contributed by atoms with Gasteiger partial charge in [0.05, 0.1) is 25.1 Å². The van der Waals surface area contributed by atoms with Crippen LogP contribution in [0.3, 0.4) is 0 Å². The summed E-state index contributed by atoms with van der Waals surface area (Å²) in [5.41, 5.74) is 4.59. The quantitative estimate of drug-likeness (QED) is 0.760. The molecule has 0 saturated heterocycles. The molecule has 2 aromatic heterocycles. The van der Waals surface area contributed by atoms with E-state index in [1.54, 1.807) is 11.7 Å². The lowest BCUT2D eigenvalue weighted by Crippen LogP contribution is -2.26. The summed E-state index contributed by atoms with van der Waals surface area (Å²) in [4.78, 5) is 15.6. The lowest BCUT2D eigenvalue weighted by atomic mass is 10.0. The van der Waals surface area contributed by atoms with Gasteiger partial charge in [-0.3, -0.25) is 4.79 Å². The Morgan fingerprint density at radius 2 is 2.18 bits per heavy atom. The molecular weight excluding hydrogens is 280 g/mol. The highest BCUT2D eigenvalue weighted by atomic mass is 16.5. The van der Waals surface area contributed by atoms with Gasteiger partial charge < -0.3 is 19.4 Å². The van der Waals surface area contributed by atoms with E-state index in [2.05, 4.69) is 4.98 Å². The smallest absolute Gasteiger partial charge is 0.251 e. The van der Waals surface area contributed by atoms with Crippen molar-refractivity contribution in [1.29, 1.82) is 0 Å². The van der Waals surface area contributed by atoms with Gasteiger partial charge in [-0.25, -0.2) is 0 Å². The molecule has 1 aliphatic rings. The number of aromatic amines is 1. The van der Waals surface area contributed by atoms with Crippen LogP contribution >= 0.6 is 0 Å².